The summed E-state index contributed by atoms with van der Waals surface area (Å²) in [6.07, 6.45) is 0. The molecule has 2 rings (SSSR count). The summed E-state index contributed by atoms with van der Waals surface area (Å²) in [7, 11) is 0. The van der Waals surface area contributed by atoms with E-state index in [1.54, 1.807) is 24.3 Å². The van der Waals surface area contributed by atoms with Gasteiger partial charge in [0.05, 0.1) is 3.70 Å². The summed E-state index contributed by atoms with van der Waals surface area (Å²) in [6.45, 7) is 0. The second-order valence-electron chi connectivity index (χ2n) is 4.22. The van der Waals surface area contributed by atoms with Gasteiger partial charge >= 0.3 is 0 Å². The lowest BCUT2D eigenvalue weighted by molar-refractivity contribution is 1.45. The number of rotatable bonds is 0. The molecule has 0 radical (unpaired) electrons. The molecule has 0 spiro atoms. The number of nitrogens with two attached hydrogens (primary N) is 1. The van der Waals surface area contributed by atoms with Crippen molar-refractivity contribution < 1.29 is 0 Å². The highest BCUT2D eigenvalue weighted by Gasteiger charge is 2.33. The van der Waals surface area contributed by atoms with E-state index in [2.05, 4.69) is 0 Å². The molecule has 1 aromatic carbocycles. The van der Waals surface area contributed by atoms with Crippen LogP contribution in [0.2, 0.25) is 0 Å². The van der Waals surface area contributed by atoms with Crippen LogP contribution < -0.4 is 5.73 Å². The number of fused-ring (bicyclic) bond motifs is 1. The molecule has 22 heavy (non-hydrogen) atoms. The molecule has 0 bridgehead atoms. The molecule has 0 unspecified atom stereocenters. The third-order valence-corrected chi connectivity index (χ3v) is 3.69. The van der Waals surface area contributed by atoms with Crippen molar-refractivity contribution in [3.05, 3.63) is 55.8 Å². The topological polar surface area (TPSA) is 121 Å². The summed E-state index contributed by atoms with van der Waals surface area (Å²) >= 11 is 1.86. The van der Waals surface area contributed by atoms with Gasteiger partial charge in [-0.15, -0.1) is 0 Å². The largest absolute Gasteiger partial charge is 0.393 e. The standard InChI is InChI=1S/C16H6IN5/c17-16(22)15-13(9(5-18)6-19)11-3-1-2-4-12(11)14(15)10(7-20)8-21/h1-4H,22H2. The third kappa shape index (κ3) is 2.23. The number of halogens is 1. The van der Waals surface area contributed by atoms with E-state index in [-0.39, 0.29) is 11.1 Å². The third-order valence-electron chi connectivity index (χ3n) is 3.15. The molecule has 6 heteroatoms. The predicted octanol–water partition coefficient (Wildman–Crippen LogP) is 2.91. The smallest absolute Gasteiger partial charge is 0.138 e. The lowest BCUT2D eigenvalue weighted by Crippen LogP contribution is -1.98. The SMILES string of the molecule is N#CC(C#N)=C1C(=C(N)I)C(=C(C#N)C#N)c2ccccc21. The van der Waals surface area contributed by atoms with Crippen molar-refractivity contribution in [2.24, 2.45) is 5.73 Å². The zero-order valence-corrected chi connectivity index (χ0v) is 13.2. The molecule has 0 amide bonds. The molecule has 102 valence electrons. The minimum absolute atomic E-state index is 0.104. The van der Waals surface area contributed by atoms with E-state index < -0.39 is 0 Å². The Labute approximate surface area is 140 Å². The highest BCUT2D eigenvalue weighted by atomic mass is 127. The van der Waals surface area contributed by atoms with Crippen molar-refractivity contribution in [2.45, 2.75) is 0 Å². The molecule has 0 saturated heterocycles. The molecule has 0 atom stereocenters. The van der Waals surface area contributed by atoms with Crippen molar-refractivity contribution >= 4 is 33.7 Å². The molecule has 5 nitrogen and oxygen atoms in total. The summed E-state index contributed by atoms with van der Waals surface area (Å²) in [5.41, 5.74) is 8.06. The van der Waals surface area contributed by atoms with Crippen LogP contribution in [0.4, 0.5) is 0 Å². The molecular formula is C16H6IN5. The van der Waals surface area contributed by atoms with E-state index in [1.165, 1.54) is 0 Å². The van der Waals surface area contributed by atoms with Crippen molar-refractivity contribution in [3.8, 4) is 24.3 Å². The van der Waals surface area contributed by atoms with Gasteiger partial charge in [0.25, 0.3) is 0 Å². The van der Waals surface area contributed by atoms with Gasteiger partial charge in [0, 0.05) is 16.7 Å². The number of hydrogen-bond donors (Lipinski definition) is 1. The summed E-state index contributed by atoms with van der Waals surface area (Å²) < 4.78 is 0.310. The van der Waals surface area contributed by atoms with E-state index >= 15 is 0 Å². The Bertz CT molecular complexity index is 829. The molecule has 0 aromatic heterocycles. The maximum Gasteiger partial charge on any atom is 0.138 e. The quantitative estimate of drug-likeness (QED) is 0.411. The Balaban J connectivity index is 3.11. The van der Waals surface area contributed by atoms with Crippen LogP contribution in [0.15, 0.2) is 44.7 Å². The van der Waals surface area contributed by atoms with Crippen LogP contribution in [0.1, 0.15) is 11.1 Å². The molecule has 0 fully saturated rings. The minimum atomic E-state index is -0.104. The van der Waals surface area contributed by atoms with Crippen LogP contribution in [0.5, 0.6) is 0 Å². The van der Waals surface area contributed by atoms with E-state index in [0.717, 1.165) is 0 Å². The number of nitriles is 4. The molecule has 1 aromatic rings. The highest BCUT2D eigenvalue weighted by Crippen LogP contribution is 2.49. The summed E-state index contributed by atoms with van der Waals surface area (Å²) in [5, 5.41) is 36.8. The number of hydrogen-bond acceptors (Lipinski definition) is 5. The zero-order chi connectivity index (χ0) is 16.3. The van der Waals surface area contributed by atoms with Crippen molar-refractivity contribution in [3.63, 3.8) is 0 Å². The first-order chi connectivity index (χ1) is 10.6. The predicted molar refractivity (Wildman–Crippen MR) is 88.0 cm³/mol. The van der Waals surface area contributed by atoms with Crippen LogP contribution in [0.3, 0.4) is 0 Å². The fourth-order valence-corrected chi connectivity index (χ4v) is 2.88. The number of nitrogens with zero attached hydrogens (tertiary/aromatic N) is 4. The van der Waals surface area contributed by atoms with Crippen LogP contribution in [-0.4, -0.2) is 0 Å². The fraction of sp³-hybridized carbons (Fsp3) is 0. The summed E-state index contributed by atoms with van der Waals surface area (Å²) in [6, 6.07) is 14.4. The highest BCUT2D eigenvalue weighted by molar-refractivity contribution is 14.1. The monoisotopic (exact) mass is 395 g/mol. The van der Waals surface area contributed by atoms with Crippen LogP contribution >= 0.6 is 22.6 Å². The second-order valence-corrected chi connectivity index (χ2v) is 5.38. The Morgan fingerprint density at radius 2 is 1.14 bits per heavy atom. The Morgan fingerprint density at radius 1 is 0.773 bits per heavy atom. The molecule has 1 aliphatic carbocycles. The number of allylic oxidation sites excluding steroid dienone is 5. The summed E-state index contributed by atoms with van der Waals surface area (Å²) in [5.74, 6) is 0. The molecular weight excluding hydrogens is 389 g/mol. The van der Waals surface area contributed by atoms with Crippen LogP contribution in [0.25, 0.3) is 11.1 Å². The fourth-order valence-electron chi connectivity index (χ4n) is 2.35. The lowest BCUT2D eigenvalue weighted by Gasteiger charge is -2.05. The van der Waals surface area contributed by atoms with Gasteiger partial charge in [-0.2, -0.15) is 21.0 Å². The zero-order valence-electron chi connectivity index (χ0n) is 11.1. The van der Waals surface area contributed by atoms with Crippen molar-refractivity contribution in [1.29, 1.82) is 21.0 Å². The van der Waals surface area contributed by atoms with Gasteiger partial charge in [0.2, 0.25) is 0 Å². The second kappa shape index (κ2) is 6.14. The normalized spacial score (nSPS) is 11.6. The molecule has 0 saturated carbocycles. The van der Waals surface area contributed by atoms with E-state index in [1.807, 2.05) is 46.9 Å². The average Bonchev–Trinajstić information content (AvgIpc) is 2.86. The van der Waals surface area contributed by atoms with E-state index in [9.17, 15) is 21.0 Å². The maximum absolute atomic E-state index is 9.21. The average molecular weight is 395 g/mol. The minimum Gasteiger partial charge on any atom is -0.393 e. The van der Waals surface area contributed by atoms with Gasteiger partial charge in [0.15, 0.2) is 0 Å². The van der Waals surface area contributed by atoms with Gasteiger partial charge < -0.3 is 5.73 Å². The lowest BCUT2D eigenvalue weighted by atomic mass is 9.98. The maximum atomic E-state index is 9.21. The first-order valence-corrected chi connectivity index (χ1v) is 7.03. The molecule has 1 aliphatic rings. The van der Waals surface area contributed by atoms with Crippen LogP contribution in [-0.2, 0) is 0 Å². The first kappa shape index (κ1) is 15.3. The van der Waals surface area contributed by atoms with Gasteiger partial charge in [-0.25, -0.2) is 0 Å². The van der Waals surface area contributed by atoms with Gasteiger partial charge in [-0.1, -0.05) is 24.3 Å². The van der Waals surface area contributed by atoms with Crippen molar-refractivity contribution in [2.75, 3.05) is 0 Å². The van der Waals surface area contributed by atoms with Gasteiger partial charge in [-0.05, 0) is 33.7 Å². The van der Waals surface area contributed by atoms with E-state index in [0.29, 0.717) is 31.5 Å². The Kier molecular flexibility index (Phi) is 4.28. The Morgan fingerprint density at radius 3 is 1.41 bits per heavy atom. The summed E-state index contributed by atoms with van der Waals surface area (Å²) in [4.78, 5) is 0. The molecule has 0 aliphatic heterocycles. The Hall–Kier alpha value is -3.07. The van der Waals surface area contributed by atoms with Crippen molar-refractivity contribution in [1.82, 2.24) is 0 Å². The van der Waals surface area contributed by atoms with Crippen LogP contribution in [0, 0.1) is 45.3 Å². The molecule has 0 heterocycles. The molecule has 2 N–H and O–H groups in total. The first-order valence-electron chi connectivity index (χ1n) is 5.95. The van der Waals surface area contributed by atoms with Gasteiger partial charge in [-0.3, -0.25) is 0 Å². The van der Waals surface area contributed by atoms with E-state index in [4.69, 9.17) is 5.73 Å². The van der Waals surface area contributed by atoms with Gasteiger partial charge in [0.1, 0.15) is 35.4 Å². The number of benzene rings is 1.